The lowest BCUT2D eigenvalue weighted by Gasteiger charge is -2.12. The summed E-state index contributed by atoms with van der Waals surface area (Å²) in [5.74, 6) is 0.869. The number of para-hydroxylation sites is 1. The number of pyridine rings is 1. The van der Waals surface area contributed by atoms with Crippen LogP contribution >= 0.6 is 0 Å². The molecule has 2 heterocycles. The molecule has 2 N–H and O–H groups in total. The van der Waals surface area contributed by atoms with Gasteiger partial charge in [-0.1, -0.05) is 24.3 Å². The van der Waals surface area contributed by atoms with E-state index in [2.05, 4.69) is 4.98 Å². The van der Waals surface area contributed by atoms with Crippen molar-refractivity contribution in [1.29, 1.82) is 0 Å². The maximum Gasteiger partial charge on any atom is 0.101 e. The lowest BCUT2D eigenvalue weighted by Crippen LogP contribution is -2.11. The molecule has 0 saturated carbocycles. The number of aromatic nitrogens is 1. The highest BCUT2D eigenvalue weighted by molar-refractivity contribution is 5.82. The van der Waals surface area contributed by atoms with Crippen LogP contribution in [0.15, 0.2) is 53.3 Å². The van der Waals surface area contributed by atoms with Gasteiger partial charge < -0.3 is 10.2 Å². The number of nitrogens with zero attached hydrogens (tertiary/aromatic N) is 1. The number of benzene rings is 1. The molecule has 0 aliphatic heterocycles. The van der Waals surface area contributed by atoms with Gasteiger partial charge >= 0.3 is 0 Å². The second-order valence-electron chi connectivity index (χ2n) is 4.39. The first-order chi connectivity index (χ1) is 8.75. The maximum absolute atomic E-state index is 6.30. The van der Waals surface area contributed by atoms with E-state index in [9.17, 15) is 0 Å². The van der Waals surface area contributed by atoms with Crippen molar-refractivity contribution in [3.8, 4) is 0 Å². The molecule has 3 heteroatoms. The fraction of sp³-hybridized carbons (Fsp3) is 0.133. The Kier molecular flexibility index (Phi) is 2.61. The van der Waals surface area contributed by atoms with E-state index in [1.165, 1.54) is 0 Å². The molecule has 1 aromatic carbocycles. The van der Waals surface area contributed by atoms with Crippen molar-refractivity contribution in [1.82, 2.24) is 4.98 Å². The summed E-state index contributed by atoms with van der Waals surface area (Å²) in [4.78, 5) is 4.42. The van der Waals surface area contributed by atoms with Gasteiger partial charge in [0.05, 0.1) is 17.8 Å². The van der Waals surface area contributed by atoms with E-state index in [4.69, 9.17) is 10.2 Å². The van der Waals surface area contributed by atoms with Crippen LogP contribution in [-0.2, 0) is 0 Å². The fourth-order valence-electron chi connectivity index (χ4n) is 2.19. The summed E-state index contributed by atoms with van der Waals surface area (Å²) in [6.45, 7) is 1.91. The van der Waals surface area contributed by atoms with Crippen molar-refractivity contribution in [3.05, 3.63) is 65.7 Å². The van der Waals surface area contributed by atoms with Crippen LogP contribution in [0, 0.1) is 6.92 Å². The van der Waals surface area contributed by atoms with Gasteiger partial charge in [0, 0.05) is 17.1 Å². The predicted molar refractivity (Wildman–Crippen MR) is 71.2 cm³/mol. The monoisotopic (exact) mass is 238 g/mol. The molecular weight excluding hydrogens is 224 g/mol. The normalized spacial score (nSPS) is 12.8. The van der Waals surface area contributed by atoms with Crippen LogP contribution in [0.1, 0.15) is 22.9 Å². The molecule has 3 nitrogen and oxygen atoms in total. The molecule has 0 aliphatic carbocycles. The van der Waals surface area contributed by atoms with Gasteiger partial charge in [-0.3, -0.25) is 4.98 Å². The van der Waals surface area contributed by atoms with E-state index in [0.717, 1.165) is 27.8 Å². The van der Waals surface area contributed by atoms with Crippen molar-refractivity contribution in [2.24, 2.45) is 5.73 Å². The second-order valence-corrected chi connectivity index (χ2v) is 4.39. The van der Waals surface area contributed by atoms with Crippen LogP contribution < -0.4 is 5.73 Å². The smallest absolute Gasteiger partial charge is 0.101 e. The van der Waals surface area contributed by atoms with Gasteiger partial charge in [0.1, 0.15) is 5.76 Å². The highest BCUT2D eigenvalue weighted by Gasteiger charge is 2.14. The zero-order valence-corrected chi connectivity index (χ0v) is 10.1. The number of aryl methyl sites for hydroxylation is 1. The molecule has 3 aromatic rings. The summed E-state index contributed by atoms with van der Waals surface area (Å²) in [5.41, 5.74) is 9.25. The zero-order chi connectivity index (χ0) is 12.5. The summed E-state index contributed by atoms with van der Waals surface area (Å²) in [6.07, 6.45) is 3.50. The highest BCUT2D eigenvalue weighted by Crippen LogP contribution is 2.26. The highest BCUT2D eigenvalue weighted by atomic mass is 16.3. The number of rotatable bonds is 2. The Hall–Kier alpha value is -2.13. The average molecular weight is 238 g/mol. The molecule has 0 saturated heterocycles. The molecule has 0 radical (unpaired) electrons. The quantitative estimate of drug-likeness (QED) is 0.746. The van der Waals surface area contributed by atoms with E-state index in [0.29, 0.717) is 0 Å². The molecule has 90 valence electrons. The van der Waals surface area contributed by atoms with Crippen molar-refractivity contribution in [3.63, 3.8) is 0 Å². The largest absolute Gasteiger partial charge is 0.469 e. The lowest BCUT2D eigenvalue weighted by atomic mass is 9.99. The average Bonchev–Trinajstić information content (AvgIpc) is 2.84. The maximum atomic E-state index is 6.30. The van der Waals surface area contributed by atoms with Crippen molar-refractivity contribution in [2.75, 3.05) is 0 Å². The van der Waals surface area contributed by atoms with Crippen molar-refractivity contribution < 1.29 is 4.42 Å². The van der Waals surface area contributed by atoms with Crippen LogP contribution in [0.4, 0.5) is 0 Å². The van der Waals surface area contributed by atoms with Gasteiger partial charge in [-0.05, 0) is 24.6 Å². The van der Waals surface area contributed by atoms with Crippen molar-refractivity contribution in [2.45, 2.75) is 13.0 Å². The number of hydrogen-bond acceptors (Lipinski definition) is 3. The molecular formula is C15H14N2O. The van der Waals surface area contributed by atoms with Gasteiger partial charge in [-0.2, -0.15) is 0 Å². The lowest BCUT2D eigenvalue weighted by molar-refractivity contribution is 0.530. The summed E-state index contributed by atoms with van der Waals surface area (Å²) in [7, 11) is 0. The van der Waals surface area contributed by atoms with E-state index in [1.54, 1.807) is 12.5 Å². The molecule has 0 aliphatic rings. The Morgan fingerprint density at radius 3 is 2.83 bits per heavy atom. The molecule has 0 bridgehead atoms. The number of fused-ring (bicyclic) bond motifs is 1. The Morgan fingerprint density at radius 2 is 2.06 bits per heavy atom. The number of hydrogen-bond donors (Lipinski definition) is 1. The Labute approximate surface area is 105 Å². The first kappa shape index (κ1) is 11.0. The van der Waals surface area contributed by atoms with Crippen LogP contribution in [0.25, 0.3) is 10.9 Å². The summed E-state index contributed by atoms with van der Waals surface area (Å²) in [5, 5.41) is 1.10. The van der Waals surface area contributed by atoms with E-state index < -0.39 is 0 Å². The van der Waals surface area contributed by atoms with Gasteiger partial charge in [-0.25, -0.2) is 0 Å². The molecule has 1 atom stereocenters. The molecule has 0 spiro atoms. The minimum atomic E-state index is -0.207. The topological polar surface area (TPSA) is 52.0 Å². The number of furan rings is 1. The van der Waals surface area contributed by atoms with Crippen LogP contribution in [-0.4, -0.2) is 4.98 Å². The van der Waals surface area contributed by atoms with E-state index in [1.807, 2.05) is 43.3 Å². The molecule has 18 heavy (non-hydrogen) atoms. The minimum absolute atomic E-state index is 0.207. The van der Waals surface area contributed by atoms with E-state index in [-0.39, 0.29) is 6.04 Å². The predicted octanol–water partition coefficient (Wildman–Crippen LogP) is 3.18. The first-order valence-corrected chi connectivity index (χ1v) is 5.90. The second kappa shape index (κ2) is 4.27. The molecule has 3 rings (SSSR count). The minimum Gasteiger partial charge on any atom is -0.469 e. The van der Waals surface area contributed by atoms with Gasteiger partial charge in [0.2, 0.25) is 0 Å². The first-order valence-electron chi connectivity index (χ1n) is 5.90. The third-order valence-corrected chi connectivity index (χ3v) is 3.11. The SMILES string of the molecule is Cc1cc(C(N)c2cccc3cccnc23)co1. The fourth-order valence-corrected chi connectivity index (χ4v) is 2.19. The third-order valence-electron chi connectivity index (χ3n) is 3.11. The van der Waals surface area contributed by atoms with Gasteiger partial charge in [0.25, 0.3) is 0 Å². The summed E-state index contributed by atoms with van der Waals surface area (Å²) >= 11 is 0. The third kappa shape index (κ3) is 1.79. The van der Waals surface area contributed by atoms with Crippen LogP contribution in [0.3, 0.4) is 0 Å². The zero-order valence-electron chi connectivity index (χ0n) is 10.1. The molecule has 0 fully saturated rings. The summed E-state index contributed by atoms with van der Waals surface area (Å²) in [6, 6.07) is 11.8. The van der Waals surface area contributed by atoms with Crippen molar-refractivity contribution >= 4 is 10.9 Å². The standard InChI is InChI=1S/C15H14N2O/c1-10-8-12(9-18-10)14(16)13-6-2-4-11-5-3-7-17-15(11)13/h2-9,14H,16H2,1H3. The van der Waals surface area contributed by atoms with Gasteiger partial charge in [0.15, 0.2) is 0 Å². The van der Waals surface area contributed by atoms with Gasteiger partial charge in [-0.15, -0.1) is 0 Å². The van der Waals surface area contributed by atoms with Crippen LogP contribution in [0.2, 0.25) is 0 Å². The molecule has 2 aromatic heterocycles. The number of nitrogens with two attached hydrogens (primary N) is 1. The Balaban J connectivity index is 2.14. The molecule has 1 unspecified atom stereocenters. The Bertz CT molecular complexity index is 682. The molecule has 0 amide bonds. The summed E-state index contributed by atoms with van der Waals surface area (Å²) < 4.78 is 5.32. The van der Waals surface area contributed by atoms with E-state index >= 15 is 0 Å². The van der Waals surface area contributed by atoms with Crippen LogP contribution in [0.5, 0.6) is 0 Å². The Morgan fingerprint density at radius 1 is 1.22 bits per heavy atom.